The van der Waals surface area contributed by atoms with Gasteiger partial charge in [0.25, 0.3) is 0 Å². The number of aryl methyl sites for hydroxylation is 1. The Morgan fingerprint density at radius 1 is 1.00 bits per heavy atom. The number of hydrogen-bond acceptors (Lipinski definition) is 2. The van der Waals surface area contributed by atoms with Gasteiger partial charge in [-0.1, -0.05) is 35.6 Å². The lowest BCUT2D eigenvalue weighted by Crippen LogP contribution is -2.23. The molecule has 0 unspecified atom stereocenters. The van der Waals surface area contributed by atoms with Gasteiger partial charge in [-0.25, -0.2) is 4.39 Å². The fraction of sp³-hybridized carbons (Fsp3) is 0.440. The van der Waals surface area contributed by atoms with Crippen molar-refractivity contribution in [2.24, 2.45) is 5.92 Å². The van der Waals surface area contributed by atoms with Crippen molar-refractivity contribution >= 4 is 11.6 Å². The van der Waals surface area contributed by atoms with Crippen LogP contribution in [0.3, 0.4) is 0 Å². The quantitative estimate of drug-likeness (QED) is 0.406. The van der Waals surface area contributed by atoms with Crippen molar-refractivity contribution in [2.75, 3.05) is 20.3 Å². The van der Waals surface area contributed by atoms with Crippen LogP contribution in [0, 0.1) is 23.6 Å². The molecule has 29 heavy (non-hydrogen) atoms. The SMILES string of the molecule is COCCOC1CCC(CCc2ccc(C#Cc3ccc(Cl)cc3F)cc2)CC1. The molecule has 0 aromatic heterocycles. The van der Waals surface area contributed by atoms with Crippen molar-refractivity contribution in [3.8, 4) is 11.8 Å². The van der Waals surface area contributed by atoms with Crippen molar-refractivity contribution in [2.45, 2.75) is 44.6 Å². The molecule has 1 saturated carbocycles. The molecule has 4 heteroatoms. The van der Waals surface area contributed by atoms with Gasteiger partial charge in [-0.2, -0.15) is 0 Å². The molecule has 0 N–H and O–H groups in total. The number of halogens is 2. The number of hydrogen-bond donors (Lipinski definition) is 0. The van der Waals surface area contributed by atoms with Gasteiger partial charge in [-0.3, -0.25) is 0 Å². The van der Waals surface area contributed by atoms with E-state index in [-0.39, 0.29) is 5.82 Å². The van der Waals surface area contributed by atoms with Gasteiger partial charge in [0.05, 0.1) is 24.9 Å². The Balaban J connectivity index is 1.44. The average Bonchev–Trinajstić information content (AvgIpc) is 2.73. The second kappa shape index (κ2) is 11.4. The van der Waals surface area contributed by atoms with Gasteiger partial charge < -0.3 is 9.47 Å². The molecular weight excluding hydrogens is 387 g/mol. The molecule has 1 aliphatic carbocycles. The van der Waals surface area contributed by atoms with E-state index in [2.05, 4.69) is 24.0 Å². The molecule has 3 rings (SSSR count). The first-order chi connectivity index (χ1) is 14.1. The van der Waals surface area contributed by atoms with Gasteiger partial charge in [-0.05, 0) is 80.3 Å². The number of rotatable bonds is 7. The summed E-state index contributed by atoms with van der Waals surface area (Å²) in [5, 5.41) is 0.379. The molecule has 0 atom stereocenters. The predicted molar refractivity (Wildman–Crippen MR) is 116 cm³/mol. The Bertz CT molecular complexity index is 830. The fourth-order valence-corrected chi connectivity index (χ4v) is 3.90. The van der Waals surface area contributed by atoms with E-state index in [0.717, 1.165) is 30.7 Å². The third-order valence-corrected chi connectivity index (χ3v) is 5.74. The van der Waals surface area contributed by atoms with E-state index in [1.54, 1.807) is 19.2 Å². The van der Waals surface area contributed by atoms with Crippen LogP contribution in [0.25, 0.3) is 0 Å². The van der Waals surface area contributed by atoms with Crippen molar-refractivity contribution in [3.05, 3.63) is 70.0 Å². The van der Waals surface area contributed by atoms with Crippen molar-refractivity contribution in [3.63, 3.8) is 0 Å². The third kappa shape index (κ3) is 7.16. The van der Waals surface area contributed by atoms with Crippen LogP contribution in [0.5, 0.6) is 0 Å². The zero-order valence-electron chi connectivity index (χ0n) is 16.9. The van der Waals surface area contributed by atoms with E-state index in [0.29, 0.717) is 29.9 Å². The first-order valence-corrected chi connectivity index (χ1v) is 10.7. The Morgan fingerprint density at radius 2 is 1.76 bits per heavy atom. The fourth-order valence-electron chi connectivity index (χ4n) is 3.74. The van der Waals surface area contributed by atoms with E-state index in [1.165, 1.54) is 30.9 Å². The lowest BCUT2D eigenvalue weighted by Gasteiger charge is -2.28. The lowest BCUT2D eigenvalue weighted by molar-refractivity contribution is -0.00800. The van der Waals surface area contributed by atoms with Crippen LogP contribution >= 0.6 is 11.6 Å². The third-order valence-electron chi connectivity index (χ3n) is 5.50. The molecule has 2 aromatic carbocycles. The van der Waals surface area contributed by atoms with Crippen LogP contribution < -0.4 is 0 Å². The normalized spacial score (nSPS) is 18.9. The minimum Gasteiger partial charge on any atom is -0.382 e. The molecule has 2 aromatic rings. The Morgan fingerprint density at radius 3 is 2.45 bits per heavy atom. The first kappa shape index (κ1) is 21.8. The second-order valence-corrected chi connectivity index (χ2v) is 8.05. The highest BCUT2D eigenvalue weighted by Gasteiger charge is 2.21. The van der Waals surface area contributed by atoms with Crippen molar-refractivity contribution in [1.29, 1.82) is 0 Å². The van der Waals surface area contributed by atoms with Gasteiger partial charge in [0, 0.05) is 17.7 Å². The van der Waals surface area contributed by atoms with Gasteiger partial charge >= 0.3 is 0 Å². The monoisotopic (exact) mass is 414 g/mol. The summed E-state index contributed by atoms with van der Waals surface area (Å²) < 4.78 is 24.7. The van der Waals surface area contributed by atoms with Gasteiger partial charge in [0.2, 0.25) is 0 Å². The largest absolute Gasteiger partial charge is 0.382 e. The molecule has 154 valence electrons. The van der Waals surface area contributed by atoms with Crippen LogP contribution in [-0.2, 0) is 15.9 Å². The van der Waals surface area contributed by atoms with E-state index in [1.807, 2.05) is 12.1 Å². The topological polar surface area (TPSA) is 18.5 Å². The Hall–Kier alpha value is -1.86. The molecule has 0 amide bonds. The molecule has 0 saturated heterocycles. The minimum atomic E-state index is -0.388. The number of methoxy groups -OCH3 is 1. The molecule has 0 heterocycles. The van der Waals surface area contributed by atoms with Crippen LogP contribution in [0.15, 0.2) is 42.5 Å². The van der Waals surface area contributed by atoms with Gasteiger partial charge in [0.1, 0.15) is 5.82 Å². The predicted octanol–water partition coefficient (Wildman–Crippen LogP) is 6.03. The van der Waals surface area contributed by atoms with Crippen molar-refractivity contribution < 1.29 is 13.9 Å². The zero-order valence-corrected chi connectivity index (χ0v) is 17.7. The highest BCUT2D eigenvalue weighted by Crippen LogP contribution is 2.29. The van der Waals surface area contributed by atoms with E-state index >= 15 is 0 Å². The molecule has 0 aliphatic heterocycles. The summed E-state index contributed by atoms with van der Waals surface area (Å²) in [5.41, 5.74) is 2.57. The zero-order chi connectivity index (χ0) is 20.5. The van der Waals surface area contributed by atoms with Crippen LogP contribution in [0.2, 0.25) is 5.02 Å². The maximum atomic E-state index is 13.8. The summed E-state index contributed by atoms with van der Waals surface area (Å²) in [5.74, 6) is 6.30. The highest BCUT2D eigenvalue weighted by molar-refractivity contribution is 6.30. The number of benzene rings is 2. The van der Waals surface area contributed by atoms with Gasteiger partial charge in [0.15, 0.2) is 0 Å². The van der Waals surface area contributed by atoms with Crippen molar-refractivity contribution in [1.82, 2.24) is 0 Å². The summed E-state index contributed by atoms with van der Waals surface area (Å²) in [4.78, 5) is 0. The van der Waals surface area contributed by atoms with E-state index in [9.17, 15) is 4.39 Å². The highest BCUT2D eigenvalue weighted by atomic mass is 35.5. The minimum absolute atomic E-state index is 0.361. The second-order valence-electron chi connectivity index (χ2n) is 7.62. The lowest BCUT2D eigenvalue weighted by atomic mass is 9.83. The van der Waals surface area contributed by atoms with Crippen LogP contribution in [0.4, 0.5) is 4.39 Å². The summed E-state index contributed by atoms with van der Waals surface area (Å²) in [6.07, 6.45) is 7.51. The molecule has 0 radical (unpaired) electrons. The van der Waals surface area contributed by atoms with E-state index < -0.39 is 0 Å². The summed E-state index contributed by atoms with van der Waals surface area (Å²) >= 11 is 5.77. The molecule has 0 bridgehead atoms. The van der Waals surface area contributed by atoms with Crippen LogP contribution in [0.1, 0.15) is 48.8 Å². The standard InChI is InChI=1S/C25H28ClFO2/c1-28-16-17-29-24-14-9-21(10-15-24)7-4-19-2-5-20(6-3-19)8-11-22-12-13-23(26)18-25(22)27/h2-3,5-6,12-13,18,21,24H,4,7,9-10,14-17H2,1H3. The molecule has 0 spiro atoms. The van der Waals surface area contributed by atoms with E-state index in [4.69, 9.17) is 21.1 Å². The average molecular weight is 415 g/mol. The molecular formula is C25H28ClFO2. The Labute approximate surface area is 178 Å². The Kier molecular flexibility index (Phi) is 8.55. The molecule has 2 nitrogen and oxygen atoms in total. The maximum absolute atomic E-state index is 13.8. The van der Waals surface area contributed by atoms with Crippen LogP contribution in [-0.4, -0.2) is 26.4 Å². The maximum Gasteiger partial charge on any atom is 0.140 e. The first-order valence-electron chi connectivity index (χ1n) is 10.3. The van der Waals surface area contributed by atoms with Gasteiger partial charge in [-0.15, -0.1) is 0 Å². The molecule has 1 fully saturated rings. The summed E-state index contributed by atoms with van der Waals surface area (Å²) in [6, 6.07) is 12.8. The summed E-state index contributed by atoms with van der Waals surface area (Å²) in [7, 11) is 1.71. The smallest absolute Gasteiger partial charge is 0.140 e. The summed E-state index contributed by atoms with van der Waals surface area (Å²) in [6.45, 7) is 1.38. The number of ether oxygens (including phenoxy) is 2. The molecule has 1 aliphatic rings.